The van der Waals surface area contributed by atoms with E-state index in [9.17, 15) is 4.79 Å². The highest BCUT2D eigenvalue weighted by molar-refractivity contribution is 6.09. The van der Waals surface area contributed by atoms with Crippen molar-refractivity contribution in [3.05, 3.63) is 59.2 Å². The molecule has 5 heteroatoms. The van der Waals surface area contributed by atoms with Crippen molar-refractivity contribution >= 4 is 29.3 Å². The average molecular weight is 378 g/mol. The molecule has 0 radical (unpaired) electrons. The number of hydrogen-bond donors (Lipinski definition) is 2. The van der Waals surface area contributed by atoms with E-state index in [1.54, 1.807) is 31.4 Å². The SMILES string of the molecule is CCNc1ccc(C=CC(=O)c2ccc(OC)c3c2OC(C)(C)C=C3)cc1N. The molecule has 0 spiro atoms. The maximum atomic E-state index is 12.9. The van der Waals surface area contributed by atoms with Crippen LogP contribution >= 0.6 is 0 Å². The first kappa shape index (κ1) is 19.5. The summed E-state index contributed by atoms with van der Waals surface area (Å²) in [5.74, 6) is 1.08. The first-order chi connectivity index (χ1) is 13.3. The Hall–Kier alpha value is -3.21. The van der Waals surface area contributed by atoms with Crippen LogP contribution in [-0.4, -0.2) is 25.0 Å². The van der Waals surface area contributed by atoms with Gasteiger partial charge in [0.1, 0.15) is 17.1 Å². The smallest absolute Gasteiger partial charge is 0.189 e. The van der Waals surface area contributed by atoms with Crippen LogP contribution in [0.2, 0.25) is 0 Å². The molecule has 1 aliphatic rings. The molecule has 2 aromatic carbocycles. The van der Waals surface area contributed by atoms with Gasteiger partial charge in [-0.25, -0.2) is 0 Å². The number of fused-ring (bicyclic) bond motifs is 1. The van der Waals surface area contributed by atoms with Gasteiger partial charge in [0.15, 0.2) is 5.78 Å². The minimum atomic E-state index is -0.491. The number of anilines is 2. The van der Waals surface area contributed by atoms with Crippen LogP contribution in [0.4, 0.5) is 11.4 Å². The number of hydrogen-bond acceptors (Lipinski definition) is 5. The van der Waals surface area contributed by atoms with Gasteiger partial charge in [-0.1, -0.05) is 12.1 Å². The summed E-state index contributed by atoms with van der Waals surface area (Å²) in [7, 11) is 1.60. The molecule has 0 saturated carbocycles. The summed E-state index contributed by atoms with van der Waals surface area (Å²) in [4.78, 5) is 12.9. The third-order valence-corrected chi connectivity index (χ3v) is 4.53. The molecule has 0 unspecified atom stereocenters. The fourth-order valence-corrected chi connectivity index (χ4v) is 3.10. The zero-order valence-electron chi connectivity index (χ0n) is 16.7. The van der Waals surface area contributed by atoms with E-state index in [0.717, 1.165) is 23.4 Å². The van der Waals surface area contributed by atoms with Gasteiger partial charge in [-0.2, -0.15) is 0 Å². The van der Waals surface area contributed by atoms with Crippen molar-refractivity contribution in [2.45, 2.75) is 26.4 Å². The summed E-state index contributed by atoms with van der Waals surface area (Å²) in [5, 5.41) is 3.20. The quantitative estimate of drug-likeness (QED) is 0.429. The minimum Gasteiger partial charge on any atom is -0.496 e. The second-order valence-electron chi connectivity index (χ2n) is 7.17. The van der Waals surface area contributed by atoms with E-state index in [4.69, 9.17) is 15.2 Å². The molecule has 5 nitrogen and oxygen atoms in total. The van der Waals surface area contributed by atoms with Crippen LogP contribution in [0.3, 0.4) is 0 Å². The summed E-state index contributed by atoms with van der Waals surface area (Å²) in [6.07, 6.45) is 7.20. The number of nitrogens with one attached hydrogen (secondary N) is 1. The van der Waals surface area contributed by atoms with Gasteiger partial charge in [0.2, 0.25) is 0 Å². The summed E-state index contributed by atoms with van der Waals surface area (Å²) in [5.41, 5.74) is 9.23. The molecule has 0 fully saturated rings. The number of ether oxygens (including phenoxy) is 2. The van der Waals surface area contributed by atoms with Crippen LogP contribution < -0.4 is 20.5 Å². The minimum absolute atomic E-state index is 0.140. The fraction of sp³-hybridized carbons (Fsp3) is 0.261. The van der Waals surface area contributed by atoms with E-state index >= 15 is 0 Å². The van der Waals surface area contributed by atoms with Crippen LogP contribution in [0.15, 0.2) is 42.5 Å². The number of methoxy groups -OCH3 is 1. The van der Waals surface area contributed by atoms with Crippen molar-refractivity contribution in [1.82, 2.24) is 0 Å². The second-order valence-corrected chi connectivity index (χ2v) is 7.17. The summed E-state index contributed by atoms with van der Waals surface area (Å²) in [6.45, 7) is 6.71. The number of nitrogens with two attached hydrogens (primary N) is 1. The van der Waals surface area contributed by atoms with Gasteiger partial charge in [-0.05, 0) is 68.8 Å². The van der Waals surface area contributed by atoms with Gasteiger partial charge in [-0.15, -0.1) is 0 Å². The molecule has 3 N–H and O–H groups in total. The van der Waals surface area contributed by atoms with Crippen molar-refractivity contribution in [3.63, 3.8) is 0 Å². The maximum absolute atomic E-state index is 12.9. The van der Waals surface area contributed by atoms with Crippen LogP contribution in [0.1, 0.15) is 42.3 Å². The Morgan fingerprint density at radius 3 is 2.75 bits per heavy atom. The molecule has 3 rings (SSSR count). The number of benzene rings is 2. The van der Waals surface area contributed by atoms with E-state index in [1.165, 1.54) is 0 Å². The Balaban J connectivity index is 1.90. The van der Waals surface area contributed by atoms with Crippen LogP contribution in [0, 0.1) is 0 Å². The van der Waals surface area contributed by atoms with Crippen LogP contribution in [-0.2, 0) is 0 Å². The lowest BCUT2D eigenvalue weighted by Gasteiger charge is -2.29. The number of ketones is 1. The zero-order chi connectivity index (χ0) is 20.3. The van der Waals surface area contributed by atoms with Crippen molar-refractivity contribution in [1.29, 1.82) is 0 Å². The highest BCUT2D eigenvalue weighted by Crippen LogP contribution is 2.40. The Morgan fingerprint density at radius 1 is 1.29 bits per heavy atom. The predicted octanol–water partition coefficient (Wildman–Crippen LogP) is 4.79. The second kappa shape index (κ2) is 7.80. The van der Waals surface area contributed by atoms with E-state index < -0.39 is 5.60 Å². The third-order valence-electron chi connectivity index (χ3n) is 4.53. The summed E-state index contributed by atoms with van der Waals surface area (Å²) >= 11 is 0. The third kappa shape index (κ3) is 4.03. The fourth-order valence-electron chi connectivity index (χ4n) is 3.10. The van der Waals surface area contributed by atoms with Gasteiger partial charge < -0.3 is 20.5 Å². The highest BCUT2D eigenvalue weighted by Gasteiger charge is 2.27. The molecule has 2 aromatic rings. The predicted molar refractivity (Wildman–Crippen MR) is 115 cm³/mol. The molecule has 0 aliphatic carbocycles. The van der Waals surface area contributed by atoms with E-state index in [1.807, 2.05) is 51.1 Å². The highest BCUT2D eigenvalue weighted by atomic mass is 16.5. The number of nitrogen functional groups attached to an aromatic ring is 1. The normalized spacial score (nSPS) is 14.4. The number of carbonyl (C=O) groups excluding carboxylic acids is 1. The average Bonchev–Trinajstić information content (AvgIpc) is 2.66. The van der Waals surface area contributed by atoms with Crippen LogP contribution in [0.25, 0.3) is 12.2 Å². The van der Waals surface area contributed by atoms with Crippen molar-refractivity contribution in [3.8, 4) is 11.5 Å². The molecule has 0 amide bonds. The first-order valence-corrected chi connectivity index (χ1v) is 9.29. The van der Waals surface area contributed by atoms with E-state index in [-0.39, 0.29) is 5.78 Å². The molecule has 146 valence electrons. The van der Waals surface area contributed by atoms with Gasteiger partial charge in [0, 0.05) is 6.54 Å². The van der Waals surface area contributed by atoms with Gasteiger partial charge in [-0.3, -0.25) is 4.79 Å². The van der Waals surface area contributed by atoms with Gasteiger partial charge in [0.05, 0.1) is 29.6 Å². The summed E-state index contributed by atoms with van der Waals surface area (Å²) in [6, 6.07) is 9.20. The maximum Gasteiger partial charge on any atom is 0.189 e. The molecule has 0 saturated heterocycles. The molecular formula is C23H26N2O3. The lowest BCUT2D eigenvalue weighted by molar-refractivity contribution is 0.103. The standard InChI is InChI=1S/C23H26N2O3/c1-5-25-19-9-6-15(14-18(19)24)7-10-20(26)16-8-11-21(27-4)17-12-13-23(2,3)28-22(16)17/h6-14,25H,5,24H2,1-4H3. The lowest BCUT2D eigenvalue weighted by Crippen LogP contribution is -2.28. The Bertz CT molecular complexity index is 959. The first-order valence-electron chi connectivity index (χ1n) is 9.29. The number of rotatable bonds is 6. The monoisotopic (exact) mass is 378 g/mol. The molecule has 28 heavy (non-hydrogen) atoms. The topological polar surface area (TPSA) is 73.6 Å². The molecule has 0 bridgehead atoms. The molecular weight excluding hydrogens is 352 g/mol. The van der Waals surface area contributed by atoms with Crippen molar-refractivity contribution < 1.29 is 14.3 Å². The Labute approximate surface area is 165 Å². The molecule has 0 atom stereocenters. The molecule has 1 aliphatic heterocycles. The number of allylic oxidation sites excluding steroid dienone is 1. The number of carbonyl (C=O) groups is 1. The zero-order valence-corrected chi connectivity index (χ0v) is 16.7. The van der Waals surface area contributed by atoms with Crippen LogP contribution in [0.5, 0.6) is 11.5 Å². The molecule has 1 heterocycles. The van der Waals surface area contributed by atoms with Gasteiger partial charge in [0.25, 0.3) is 0 Å². The van der Waals surface area contributed by atoms with Crippen molar-refractivity contribution in [2.24, 2.45) is 0 Å². The van der Waals surface area contributed by atoms with Gasteiger partial charge >= 0.3 is 0 Å². The van der Waals surface area contributed by atoms with Crippen molar-refractivity contribution in [2.75, 3.05) is 24.7 Å². The lowest BCUT2D eigenvalue weighted by atomic mass is 9.97. The van der Waals surface area contributed by atoms with E-state index in [0.29, 0.717) is 22.7 Å². The van der Waals surface area contributed by atoms with E-state index in [2.05, 4.69) is 5.32 Å². The largest absolute Gasteiger partial charge is 0.496 e. The summed E-state index contributed by atoms with van der Waals surface area (Å²) < 4.78 is 11.5. The molecule has 0 aromatic heterocycles. The Morgan fingerprint density at radius 2 is 2.07 bits per heavy atom. The Kier molecular flexibility index (Phi) is 5.45.